The molecule has 0 rings (SSSR count). The van der Waals surface area contributed by atoms with Gasteiger partial charge in [0, 0.05) is 6.54 Å². The highest BCUT2D eigenvalue weighted by atomic mass is 32.2. The van der Waals surface area contributed by atoms with E-state index in [4.69, 9.17) is 14.8 Å². The molecule has 0 amide bonds. The highest BCUT2D eigenvalue weighted by Gasteiger charge is 2.04. The normalized spacial score (nSPS) is 11.0. The van der Waals surface area contributed by atoms with Gasteiger partial charge < -0.3 is 5.73 Å². The van der Waals surface area contributed by atoms with E-state index in [0.29, 0.717) is 19.8 Å². The maximum absolute atomic E-state index is 5.37. The Morgan fingerprint density at radius 2 is 2.08 bits per heavy atom. The average Bonchev–Trinajstić information content (AvgIpc) is 2.10. The van der Waals surface area contributed by atoms with Gasteiger partial charge in [0.15, 0.2) is 0 Å². The molecule has 4 nitrogen and oxygen atoms in total. The van der Waals surface area contributed by atoms with Crippen molar-refractivity contribution < 1.29 is 9.02 Å². The summed E-state index contributed by atoms with van der Waals surface area (Å²) < 4.78 is 6.84. The molecular weight excluding hydrogens is 176 g/mol. The number of hydrogen-bond donors (Lipinski definition) is 1. The number of hydrogen-bond acceptors (Lipinski definition) is 5. The van der Waals surface area contributed by atoms with Crippen molar-refractivity contribution in [2.75, 3.05) is 26.3 Å². The molecule has 0 aromatic carbocycles. The molecule has 0 atom stereocenters. The molecule has 0 aliphatic heterocycles. The number of rotatable bonds is 8. The summed E-state index contributed by atoms with van der Waals surface area (Å²) in [6, 6.07) is 0. The second kappa shape index (κ2) is 9.28. The summed E-state index contributed by atoms with van der Waals surface area (Å²) in [6.45, 7) is 6.70. The minimum atomic E-state index is 0.657. The molecule has 0 radical (unpaired) electrons. The summed E-state index contributed by atoms with van der Waals surface area (Å²) in [5.41, 5.74) is 5.37. The van der Waals surface area contributed by atoms with Gasteiger partial charge in [-0.1, -0.05) is 0 Å². The van der Waals surface area contributed by atoms with Crippen LogP contribution in [0.15, 0.2) is 0 Å². The third kappa shape index (κ3) is 6.87. The van der Waals surface area contributed by atoms with Gasteiger partial charge in [0.1, 0.15) is 12.2 Å². The zero-order chi connectivity index (χ0) is 9.23. The smallest absolute Gasteiger partial charge is 0.108 e. The molecule has 0 bridgehead atoms. The molecule has 74 valence electrons. The second-order valence-electron chi connectivity index (χ2n) is 2.10. The molecule has 0 aromatic rings. The van der Waals surface area contributed by atoms with E-state index in [-0.39, 0.29) is 0 Å². The van der Waals surface area contributed by atoms with Crippen molar-refractivity contribution in [1.29, 1.82) is 0 Å². The zero-order valence-corrected chi connectivity index (χ0v) is 8.60. The lowest BCUT2D eigenvalue weighted by atomic mass is 10.4. The number of nitrogens with zero attached hydrogens (tertiary/aromatic N) is 1. The Kier molecular flexibility index (Phi) is 9.43. The molecule has 0 aromatic heterocycles. The van der Waals surface area contributed by atoms with Gasteiger partial charge in [-0.25, -0.2) is 0 Å². The lowest BCUT2D eigenvalue weighted by Gasteiger charge is -2.17. The molecule has 12 heavy (non-hydrogen) atoms. The Bertz CT molecular complexity index is 87.5. The molecule has 0 heterocycles. The van der Waals surface area contributed by atoms with Crippen molar-refractivity contribution in [2.45, 2.75) is 20.3 Å². The summed E-state index contributed by atoms with van der Waals surface area (Å²) in [5, 5.41) is 0. The molecule has 2 N–H and O–H groups in total. The summed E-state index contributed by atoms with van der Waals surface area (Å²) in [6.07, 6.45) is 0.917. The van der Waals surface area contributed by atoms with Crippen LogP contribution < -0.4 is 5.73 Å². The average molecular weight is 194 g/mol. The first-order valence-corrected chi connectivity index (χ1v) is 4.95. The van der Waals surface area contributed by atoms with Crippen LogP contribution in [0.3, 0.4) is 0 Å². The van der Waals surface area contributed by atoms with Crippen LogP contribution in [0.25, 0.3) is 0 Å². The van der Waals surface area contributed by atoms with Crippen molar-refractivity contribution in [3.8, 4) is 0 Å². The van der Waals surface area contributed by atoms with E-state index in [9.17, 15) is 0 Å². The standard InChI is InChI=1S/C7H18N2O2S/c1-3-10-9(7-5-6-8)12-11-4-2/h3-8H2,1-2H3. The molecule has 0 saturated carbocycles. The van der Waals surface area contributed by atoms with E-state index in [0.717, 1.165) is 13.0 Å². The summed E-state index contributed by atoms with van der Waals surface area (Å²) in [4.78, 5) is 5.26. The Hall–Kier alpha value is 0.190. The first-order chi connectivity index (χ1) is 5.85. The lowest BCUT2D eigenvalue weighted by Crippen LogP contribution is -2.20. The Morgan fingerprint density at radius 3 is 2.58 bits per heavy atom. The van der Waals surface area contributed by atoms with Gasteiger partial charge >= 0.3 is 0 Å². The van der Waals surface area contributed by atoms with E-state index in [1.807, 2.05) is 13.8 Å². The summed E-state index contributed by atoms with van der Waals surface area (Å²) in [7, 11) is 0. The Balaban J connectivity index is 3.40. The maximum Gasteiger partial charge on any atom is 0.108 e. The minimum absolute atomic E-state index is 0.657. The fourth-order valence-corrected chi connectivity index (χ4v) is 1.17. The molecule has 0 unspecified atom stereocenters. The van der Waals surface area contributed by atoms with Gasteiger partial charge in [-0.3, -0.25) is 9.02 Å². The Labute approximate surface area is 78.7 Å². The van der Waals surface area contributed by atoms with Crippen LogP contribution >= 0.6 is 12.2 Å². The highest BCUT2D eigenvalue weighted by molar-refractivity contribution is 7.92. The van der Waals surface area contributed by atoms with Crippen molar-refractivity contribution >= 4 is 12.2 Å². The summed E-state index contributed by atoms with van der Waals surface area (Å²) >= 11 is 1.24. The SMILES string of the molecule is CCOSN(CCCN)OCC. The van der Waals surface area contributed by atoms with Crippen molar-refractivity contribution in [2.24, 2.45) is 5.73 Å². The molecule has 0 aliphatic rings. The topological polar surface area (TPSA) is 47.7 Å². The second-order valence-corrected chi connectivity index (χ2v) is 2.89. The van der Waals surface area contributed by atoms with Crippen molar-refractivity contribution in [1.82, 2.24) is 4.47 Å². The molecular formula is C7H18N2O2S. The Morgan fingerprint density at radius 1 is 1.33 bits per heavy atom. The van der Waals surface area contributed by atoms with E-state index in [2.05, 4.69) is 0 Å². The van der Waals surface area contributed by atoms with Crippen LogP contribution in [0.5, 0.6) is 0 Å². The van der Waals surface area contributed by atoms with Crippen LogP contribution in [0, 0.1) is 0 Å². The predicted molar refractivity (Wildman–Crippen MR) is 51.2 cm³/mol. The molecule has 0 aliphatic carbocycles. The van der Waals surface area contributed by atoms with Crippen LogP contribution in [0.4, 0.5) is 0 Å². The molecule has 0 saturated heterocycles. The van der Waals surface area contributed by atoms with Crippen LogP contribution in [-0.2, 0) is 9.02 Å². The molecule has 0 spiro atoms. The van der Waals surface area contributed by atoms with Crippen LogP contribution in [0.1, 0.15) is 20.3 Å². The van der Waals surface area contributed by atoms with Crippen LogP contribution in [-0.4, -0.2) is 30.8 Å². The predicted octanol–water partition coefficient (Wildman–Crippen LogP) is 1.19. The van der Waals surface area contributed by atoms with E-state index >= 15 is 0 Å². The van der Waals surface area contributed by atoms with E-state index in [1.54, 1.807) is 4.47 Å². The largest absolute Gasteiger partial charge is 0.330 e. The van der Waals surface area contributed by atoms with Gasteiger partial charge in [-0.05, 0) is 26.8 Å². The third-order valence-corrected chi connectivity index (χ3v) is 1.87. The van der Waals surface area contributed by atoms with Crippen LogP contribution in [0.2, 0.25) is 0 Å². The number of nitrogens with two attached hydrogens (primary N) is 1. The van der Waals surface area contributed by atoms with Crippen molar-refractivity contribution in [3.63, 3.8) is 0 Å². The summed E-state index contributed by atoms with van der Waals surface area (Å²) in [5.74, 6) is 0. The lowest BCUT2D eigenvalue weighted by molar-refractivity contribution is -0.0742. The monoisotopic (exact) mass is 194 g/mol. The van der Waals surface area contributed by atoms with Gasteiger partial charge in [-0.2, -0.15) is 0 Å². The maximum atomic E-state index is 5.37. The number of hydroxylamine groups is 1. The highest BCUT2D eigenvalue weighted by Crippen LogP contribution is 2.11. The van der Waals surface area contributed by atoms with Gasteiger partial charge in [0.2, 0.25) is 0 Å². The van der Waals surface area contributed by atoms with Gasteiger partial charge in [0.05, 0.1) is 13.2 Å². The third-order valence-electron chi connectivity index (χ3n) is 1.07. The zero-order valence-electron chi connectivity index (χ0n) is 7.78. The van der Waals surface area contributed by atoms with Crippen molar-refractivity contribution in [3.05, 3.63) is 0 Å². The first-order valence-electron chi connectivity index (χ1n) is 4.25. The van der Waals surface area contributed by atoms with E-state index in [1.165, 1.54) is 12.2 Å². The fraction of sp³-hybridized carbons (Fsp3) is 1.00. The molecule has 0 fully saturated rings. The molecule has 5 heteroatoms. The van der Waals surface area contributed by atoms with Gasteiger partial charge in [0.25, 0.3) is 0 Å². The van der Waals surface area contributed by atoms with E-state index < -0.39 is 0 Å². The minimum Gasteiger partial charge on any atom is -0.330 e. The quantitative estimate of drug-likeness (QED) is 0.357. The first kappa shape index (κ1) is 12.2. The fourth-order valence-electron chi connectivity index (χ4n) is 0.599. The van der Waals surface area contributed by atoms with Gasteiger partial charge in [-0.15, -0.1) is 4.47 Å².